The largest absolute Gasteiger partial charge is 0.490 e. The number of aromatic nitrogens is 2. The second kappa shape index (κ2) is 13.5. The van der Waals surface area contributed by atoms with Crippen molar-refractivity contribution in [1.29, 1.82) is 0 Å². The molecule has 0 aliphatic heterocycles. The molecule has 0 saturated heterocycles. The Morgan fingerprint density at radius 1 is 1.05 bits per heavy atom. The minimum atomic E-state index is -5.08. The van der Waals surface area contributed by atoms with Crippen LogP contribution in [0.1, 0.15) is 46.6 Å². The number of alkyl halides is 6. The molecule has 2 heterocycles. The van der Waals surface area contributed by atoms with E-state index >= 15 is 0 Å². The van der Waals surface area contributed by atoms with Gasteiger partial charge in [0.1, 0.15) is 30.0 Å². The number of imidazole rings is 1. The number of amides is 1. The van der Waals surface area contributed by atoms with Gasteiger partial charge in [-0.15, -0.1) is 0 Å². The van der Waals surface area contributed by atoms with Crippen LogP contribution in [0, 0.1) is 25.5 Å². The highest BCUT2D eigenvalue weighted by atomic mass is 19.4. The number of hydrogen-bond donors (Lipinski definition) is 3. The smallest absolute Gasteiger partial charge is 0.485 e. The normalized spacial score (nSPS) is 12.3. The Balaban J connectivity index is 0.000000782. The van der Waals surface area contributed by atoms with Gasteiger partial charge in [-0.3, -0.25) is 9.20 Å². The molecule has 0 fully saturated rings. The molecule has 0 spiro atoms. The van der Waals surface area contributed by atoms with Crippen molar-refractivity contribution < 1.29 is 64.5 Å². The summed E-state index contributed by atoms with van der Waals surface area (Å²) in [6.07, 6.45) is -10.1. The van der Waals surface area contributed by atoms with Crippen LogP contribution in [0.3, 0.4) is 0 Å². The standard InChI is InChI=1S/C23H22F5N3O4.C2HF3O2/c1-12-9-18(35-11-14-15(24)5-3-6-16(14)25)20-29-13(2)19(31(20)10-12)21(32)30-17(22(33)34)7-4-8-23(26,27)28;3-2(4,5)1(6)7/h3,5-6,9-10,17H,4,7-8,11H2,1-2H3,(H,30,32)(H,33,34);(H,6,7). The number of pyridine rings is 1. The molecule has 3 N–H and O–H groups in total. The first-order valence-corrected chi connectivity index (χ1v) is 11.8. The van der Waals surface area contributed by atoms with E-state index in [0.29, 0.717) is 5.56 Å². The summed E-state index contributed by atoms with van der Waals surface area (Å²) in [5.74, 6) is -6.55. The number of carboxylic acids is 2. The highest BCUT2D eigenvalue weighted by Gasteiger charge is 2.38. The van der Waals surface area contributed by atoms with Gasteiger partial charge in [-0.1, -0.05) is 6.07 Å². The fourth-order valence-corrected chi connectivity index (χ4v) is 3.55. The number of nitrogens with one attached hydrogen (secondary N) is 1. The van der Waals surface area contributed by atoms with Gasteiger partial charge in [0.25, 0.3) is 5.91 Å². The number of hydrogen-bond acceptors (Lipinski definition) is 5. The molecule has 1 unspecified atom stereocenters. The summed E-state index contributed by atoms with van der Waals surface area (Å²) < 4.78 is 104. The third-order valence-corrected chi connectivity index (χ3v) is 5.45. The summed E-state index contributed by atoms with van der Waals surface area (Å²) >= 11 is 0. The molecule has 0 aliphatic rings. The maximum absolute atomic E-state index is 14.0. The van der Waals surface area contributed by atoms with Crippen molar-refractivity contribution in [3.63, 3.8) is 0 Å². The maximum Gasteiger partial charge on any atom is 0.490 e. The van der Waals surface area contributed by atoms with E-state index in [0.717, 1.165) is 12.1 Å². The Morgan fingerprint density at radius 2 is 1.62 bits per heavy atom. The molecule has 17 heteroatoms. The fraction of sp³-hybridized carbons (Fsp3) is 0.360. The van der Waals surface area contributed by atoms with Crippen LogP contribution in [-0.4, -0.2) is 55.8 Å². The monoisotopic (exact) mass is 613 g/mol. The molecule has 0 radical (unpaired) electrons. The van der Waals surface area contributed by atoms with Crippen LogP contribution in [0.15, 0.2) is 30.5 Å². The highest BCUT2D eigenvalue weighted by Crippen LogP contribution is 2.27. The van der Waals surface area contributed by atoms with E-state index in [1.807, 2.05) is 0 Å². The van der Waals surface area contributed by atoms with Gasteiger partial charge in [-0.2, -0.15) is 26.3 Å². The summed E-state index contributed by atoms with van der Waals surface area (Å²) in [5.41, 5.74) is 0.575. The van der Waals surface area contributed by atoms with E-state index in [1.165, 1.54) is 23.6 Å². The lowest BCUT2D eigenvalue weighted by Crippen LogP contribution is -2.41. The molecule has 0 aliphatic carbocycles. The molecule has 42 heavy (non-hydrogen) atoms. The van der Waals surface area contributed by atoms with E-state index in [2.05, 4.69) is 10.3 Å². The van der Waals surface area contributed by atoms with Crippen molar-refractivity contribution in [3.05, 3.63) is 64.6 Å². The SMILES string of the molecule is Cc1cc(OCc2c(F)cccc2F)c2nc(C)c(C(=O)NC(CCCC(F)(F)F)C(=O)O)n2c1.O=C(O)C(F)(F)F. The first kappa shape index (κ1) is 33.8. The van der Waals surface area contributed by atoms with E-state index in [-0.39, 0.29) is 28.3 Å². The van der Waals surface area contributed by atoms with Crippen LogP contribution in [0.2, 0.25) is 0 Å². The van der Waals surface area contributed by atoms with Gasteiger partial charge in [0, 0.05) is 12.6 Å². The Morgan fingerprint density at radius 3 is 2.12 bits per heavy atom. The van der Waals surface area contributed by atoms with Crippen molar-refractivity contribution in [2.24, 2.45) is 0 Å². The number of aryl methyl sites for hydroxylation is 2. The molecule has 3 rings (SSSR count). The van der Waals surface area contributed by atoms with Gasteiger partial charge in [0.2, 0.25) is 0 Å². The average Bonchev–Trinajstić information content (AvgIpc) is 3.17. The first-order chi connectivity index (χ1) is 19.3. The molecule has 0 saturated carbocycles. The summed E-state index contributed by atoms with van der Waals surface area (Å²) in [5, 5.41) is 18.7. The third kappa shape index (κ3) is 9.31. The highest BCUT2D eigenvalue weighted by molar-refractivity contribution is 5.97. The van der Waals surface area contributed by atoms with E-state index in [1.54, 1.807) is 13.0 Å². The zero-order valence-corrected chi connectivity index (χ0v) is 21.7. The van der Waals surface area contributed by atoms with Gasteiger partial charge < -0.3 is 20.3 Å². The third-order valence-electron chi connectivity index (χ3n) is 5.45. The first-order valence-electron chi connectivity index (χ1n) is 11.8. The Labute approximate surface area is 231 Å². The molecule has 3 aromatic rings. The topological polar surface area (TPSA) is 130 Å². The molecule has 0 bridgehead atoms. The Bertz CT molecular complexity index is 1430. The average molecular weight is 613 g/mol. The number of carbonyl (C=O) groups is 3. The second-order valence-corrected chi connectivity index (χ2v) is 8.78. The minimum absolute atomic E-state index is 0.0484. The van der Waals surface area contributed by atoms with Crippen LogP contribution in [0.25, 0.3) is 5.65 Å². The van der Waals surface area contributed by atoms with E-state index < -0.39 is 73.7 Å². The predicted molar refractivity (Wildman–Crippen MR) is 128 cm³/mol. The van der Waals surface area contributed by atoms with Crippen molar-refractivity contribution >= 4 is 23.5 Å². The lowest BCUT2D eigenvalue weighted by molar-refractivity contribution is -0.192. The maximum atomic E-state index is 14.0. The predicted octanol–water partition coefficient (Wildman–Crippen LogP) is 5.36. The number of fused-ring (bicyclic) bond motifs is 1. The lowest BCUT2D eigenvalue weighted by atomic mass is 10.1. The van der Waals surface area contributed by atoms with Gasteiger partial charge in [-0.25, -0.2) is 23.4 Å². The van der Waals surface area contributed by atoms with Gasteiger partial charge in [0.05, 0.1) is 11.3 Å². The quantitative estimate of drug-likeness (QED) is 0.277. The van der Waals surface area contributed by atoms with E-state index in [9.17, 15) is 49.8 Å². The van der Waals surface area contributed by atoms with Crippen LogP contribution in [0.4, 0.5) is 35.1 Å². The van der Waals surface area contributed by atoms with Crippen molar-refractivity contribution in [1.82, 2.24) is 14.7 Å². The molecular formula is C25H23F8N3O6. The van der Waals surface area contributed by atoms with Crippen molar-refractivity contribution in [2.75, 3.05) is 0 Å². The van der Waals surface area contributed by atoms with Crippen LogP contribution < -0.4 is 10.1 Å². The van der Waals surface area contributed by atoms with E-state index in [4.69, 9.17) is 14.6 Å². The van der Waals surface area contributed by atoms with Crippen molar-refractivity contribution in [3.8, 4) is 5.75 Å². The Kier molecular flexibility index (Phi) is 10.8. The summed E-state index contributed by atoms with van der Waals surface area (Å²) in [6.45, 7) is 2.70. The van der Waals surface area contributed by atoms with Gasteiger partial charge in [0.15, 0.2) is 11.4 Å². The summed E-state index contributed by atoms with van der Waals surface area (Å²) in [7, 11) is 0. The molecule has 1 aromatic carbocycles. The number of ether oxygens (including phenoxy) is 1. The van der Waals surface area contributed by atoms with Gasteiger partial charge in [-0.05, 0) is 50.5 Å². The molecule has 230 valence electrons. The fourth-order valence-electron chi connectivity index (χ4n) is 3.55. The summed E-state index contributed by atoms with van der Waals surface area (Å²) in [4.78, 5) is 37.6. The zero-order chi connectivity index (χ0) is 32.0. The number of carboxylic acid groups (broad SMARTS) is 2. The van der Waals surface area contributed by atoms with Gasteiger partial charge >= 0.3 is 24.3 Å². The number of nitrogens with zero attached hydrogens (tertiary/aromatic N) is 2. The summed E-state index contributed by atoms with van der Waals surface area (Å²) in [6, 6.07) is 3.40. The number of halogens is 8. The number of benzene rings is 1. The molecule has 1 amide bonds. The molecule has 2 aromatic heterocycles. The number of aliphatic carboxylic acids is 2. The van der Waals surface area contributed by atoms with Crippen LogP contribution in [0.5, 0.6) is 5.75 Å². The Hall–Kier alpha value is -4.44. The number of carbonyl (C=O) groups excluding carboxylic acids is 1. The minimum Gasteiger partial charge on any atom is -0.485 e. The van der Waals surface area contributed by atoms with Crippen molar-refractivity contribution in [2.45, 2.75) is 58.1 Å². The molecule has 9 nitrogen and oxygen atoms in total. The lowest BCUT2D eigenvalue weighted by Gasteiger charge is -2.15. The van der Waals surface area contributed by atoms with Crippen LogP contribution in [-0.2, 0) is 16.2 Å². The second-order valence-electron chi connectivity index (χ2n) is 8.78. The molecule has 1 atom stereocenters. The zero-order valence-electron chi connectivity index (χ0n) is 21.7. The van der Waals surface area contributed by atoms with Crippen LogP contribution >= 0.6 is 0 Å². The molecular weight excluding hydrogens is 590 g/mol. The number of rotatable bonds is 9.